The van der Waals surface area contributed by atoms with E-state index in [2.05, 4.69) is 48.0 Å². The maximum absolute atomic E-state index is 5.80. The third-order valence-electron chi connectivity index (χ3n) is 5.24. The third-order valence-corrected chi connectivity index (χ3v) is 5.24. The second-order valence-electron chi connectivity index (χ2n) is 6.49. The zero-order valence-corrected chi connectivity index (χ0v) is 12.8. The lowest BCUT2D eigenvalue weighted by Gasteiger charge is -2.40. The molecule has 3 unspecified atom stereocenters. The Labute approximate surface area is 122 Å². The molecule has 2 N–H and O–H groups in total. The van der Waals surface area contributed by atoms with E-state index in [9.17, 15) is 0 Å². The van der Waals surface area contributed by atoms with Crippen LogP contribution in [-0.4, -0.2) is 43.7 Å². The minimum absolute atomic E-state index is 0.631. The summed E-state index contributed by atoms with van der Waals surface area (Å²) in [6, 6.07) is 10.3. The van der Waals surface area contributed by atoms with Gasteiger partial charge in [-0.2, -0.15) is 0 Å². The van der Waals surface area contributed by atoms with Gasteiger partial charge in [-0.25, -0.2) is 0 Å². The standard InChI is InChI=1S/C17H27N3/c1-13-11-15(8-10-19(13)2)20-12-14(7-9-18)16-5-3-4-6-17(16)20/h3-6,13-15H,7-12,18H2,1-2H3. The van der Waals surface area contributed by atoms with E-state index in [0.29, 0.717) is 18.0 Å². The number of likely N-dealkylation sites (tertiary alicyclic amines) is 1. The fraction of sp³-hybridized carbons (Fsp3) is 0.647. The van der Waals surface area contributed by atoms with Crippen molar-refractivity contribution in [2.24, 2.45) is 5.73 Å². The molecule has 0 aromatic heterocycles. The lowest BCUT2D eigenvalue weighted by Crippen LogP contribution is -2.47. The van der Waals surface area contributed by atoms with Gasteiger partial charge in [-0.3, -0.25) is 0 Å². The second kappa shape index (κ2) is 5.74. The SMILES string of the molecule is CC1CC(N2CC(CCN)c3ccccc32)CCN1C. The Kier molecular flexibility index (Phi) is 3.99. The van der Waals surface area contributed by atoms with Crippen LogP contribution in [0.25, 0.3) is 0 Å². The number of piperidine rings is 1. The molecule has 0 bridgehead atoms. The Balaban J connectivity index is 1.81. The lowest BCUT2D eigenvalue weighted by molar-refractivity contribution is 0.180. The molecule has 2 aliphatic heterocycles. The summed E-state index contributed by atoms with van der Waals surface area (Å²) in [5, 5.41) is 0. The first kappa shape index (κ1) is 13.9. The van der Waals surface area contributed by atoms with Crippen LogP contribution in [0.4, 0.5) is 5.69 Å². The molecule has 3 atom stereocenters. The van der Waals surface area contributed by atoms with Gasteiger partial charge in [0.2, 0.25) is 0 Å². The van der Waals surface area contributed by atoms with Crippen LogP contribution in [0.15, 0.2) is 24.3 Å². The van der Waals surface area contributed by atoms with Crippen molar-refractivity contribution in [1.82, 2.24) is 4.90 Å². The molecular weight excluding hydrogens is 246 g/mol. The van der Waals surface area contributed by atoms with E-state index in [1.807, 2.05) is 0 Å². The molecule has 1 aromatic carbocycles. The van der Waals surface area contributed by atoms with Crippen LogP contribution >= 0.6 is 0 Å². The largest absolute Gasteiger partial charge is 0.368 e. The van der Waals surface area contributed by atoms with Crippen molar-refractivity contribution >= 4 is 5.69 Å². The Morgan fingerprint density at radius 2 is 2.10 bits per heavy atom. The smallest absolute Gasteiger partial charge is 0.0405 e. The number of rotatable bonds is 3. The summed E-state index contributed by atoms with van der Waals surface area (Å²) in [7, 11) is 2.25. The van der Waals surface area contributed by atoms with E-state index in [1.54, 1.807) is 0 Å². The molecule has 0 aliphatic carbocycles. The van der Waals surface area contributed by atoms with Crippen LogP contribution < -0.4 is 10.6 Å². The van der Waals surface area contributed by atoms with Gasteiger partial charge in [0.1, 0.15) is 0 Å². The predicted octanol–water partition coefficient (Wildman–Crippen LogP) is 2.42. The molecule has 2 aliphatic rings. The number of para-hydroxylation sites is 1. The summed E-state index contributed by atoms with van der Waals surface area (Å²) >= 11 is 0. The summed E-state index contributed by atoms with van der Waals surface area (Å²) in [6.07, 6.45) is 3.67. The highest BCUT2D eigenvalue weighted by Gasteiger charge is 2.34. The van der Waals surface area contributed by atoms with Crippen molar-refractivity contribution in [2.45, 2.75) is 44.2 Å². The van der Waals surface area contributed by atoms with Gasteiger partial charge in [-0.05, 0) is 51.4 Å². The molecule has 1 saturated heterocycles. The third kappa shape index (κ3) is 2.45. The molecule has 0 saturated carbocycles. The van der Waals surface area contributed by atoms with E-state index >= 15 is 0 Å². The van der Waals surface area contributed by atoms with E-state index < -0.39 is 0 Å². The molecule has 110 valence electrons. The normalized spacial score (nSPS) is 30.6. The zero-order chi connectivity index (χ0) is 14.1. The Hall–Kier alpha value is -1.06. The van der Waals surface area contributed by atoms with Crippen LogP contribution in [0.2, 0.25) is 0 Å². The Morgan fingerprint density at radius 3 is 2.85 bits per heavy atom. The van der Waals surface area contributed by atoms with E-state index in [1.165, 1.54) is 30.6 Å². The zero-order valence-electron chi connectivity index (χ0n) is 12.8. The summed E-state index contributed by atoms with van der Waals surface area (Å²) in [4.78, 5) is 5.15. The van der Waals surface area contributed by atoms with Crippen molar-refractivity contribution in [3.63, 3.8) is 0 Å². The predicted molar refractivity (Wildman–Crippen MR) is 85.3 cm³/mol. The van der Waals surface area contributed by atoms with Crippen molar-refractivity contribution < 1.29 is 0 Å². The number of anilines is 1. The molecule has 3 heteroatoms. The molecule has 3 rings (SSSR count). The minimum Gasteiger partial charge on any atom is -0.368 e. The quantitative estimate of drug-likeness (QED) is 0.918. The van der Waals surface area contributed by atoms with Gasteiger partial charge in [0, 0.05) is 36.8 Å². The van der Waals surface area contributed by atoms with Gasteiger partial charge in [0.05, 0.1) is 0 Å². The van der Waals surface area contributed by atoms with Crippen molar-refractivity contribution in [1.29, 1.82) is 0 Å². The summed E-state index contributed by atoms with van der Waals surface area (Å²) < 4.78 is 0. The Bertz CT molecular complexity index is 459. The van der Waals surface area contributed by atoms with Crippen LogP contribution in [0.5, 0.6) is 0 Å². The van der Waals surface area contributed by atoms with Crippen LogP contribution in [0.1, 0.15) is 37.7 Å². The minimum atomic E-state index is 0.631. The first-order valence-electron chi connectivity index (χ1n) is 7.96. The molecule has 3 nitrogen and oxygen atoms in total. The van der Waals surface area contributed by atoms with Crippen LogP contribution in [0.3, 0.4) is 0 Å². The molecule has 0 spiro atoms. The van der Waals surface area contributed by atoms with Crippen LogP contribution in [0, 0.1) is 0 Å². The summed E-state index contributed by atoms with van der Waals surface area (Å²) in [5.41, 5.74) is 8.79. The number of hydrogen-bond acceptors (Lipinski definition) is 3. The van der Waals surface area contributed by atoms with Gasteiger partial charge in [-0.1, -0.05) is 18.2 Å². The maximum atomic E-state index is 5.80. The van der Waals surface area contributed by atoms with Crippen molar-refractivity contribution in [2.75, 3.05) is 31.6 Å². The van der Waals surface area contributed by atoms with E-state index in [-0.39, 0.29) is 0 Å². The number of benzene rings is 1. The molecule has 2 heterocycles. The number of hydrogen-bond donors (Lipinski definition) is 1. The van der Waals surface area contributed by atoms with Gasteiger partial charge in [0.25, 0.3) is 0 Å². The molecule has 20 heavy (non-hydrogen) atoms. The highest BCUT2D eigenvalue weighted by atomic mass is 15.2. The average molecular weight is 273 g/mol. The maximum Gasteiger partial charge on any atom is 0.0405 e. The highest BCUT2D eigenvalue weighted by molar-refractivity contribution is 5.61. The van der Waals surface area contributed by atoms with Crippen LogP contribution in [-0.2, 0) is 0 Å². The average Bonchev–Trinajstić information content (AvgIpc) is 2.82. The first-order chi connectivity index (χ1) is 9.70. The fourth-order valence-corrected chi connectivity index (χ4v) is 3.87. The van der Waals surface area contributed by atoms with E-state index in [0.717, 1.165) is 19.5 Å². The first-order valence-corrected chi connectivity index (χ1v) is 7.96. The topological polar surface area (TPSA) is 32.5 Å². The molecule has 1 aromatic rings. The van der Waals surface area contributed by atoms with Gasteiger partial charge in [-0.15, -0.1) is 0 Å². The van der Waals surface area contributed by atoms with Gasteiger partial charge in [0.15, 0.2) is 0 Å². The molecule has 0 radical (unpaired) electrons. The summed E-state index contributed by atoms with van der Waals surface area (Å²) in [5.74, 6) is 0.631. The second-order valence-corrected chi connectivity index (χ2v) is 6.49. The van der Waals surface area contributed by atoms with E-state index in [4.69, 9.17) is 5.73 Å². The number of fused-ring (bicyclic) bond motifs is 1. The fourth-order valence-electron chi connectivity index (χ4n) is 3.87. The molecule has 0 amide bonds. The van der Waals surface area contributed by atoms with Crippen molar-refractivity contribution in [3.05, 3.63) is 29.8 Å². The van der Waals surface area contributed by atoms with Crippen molar-refractivity contribution in [3.8, 4) is 0 Å². The van der Waals surface area contributed by atoms with Gasteiger partial charge < -0.3 is 15.5 Å². The Morgan fingerprint density at radius 1 is 1.30 bits per heavy atom. The lowest BCUT2D eigenvalue weighted by atomic mass is 9.97. The molecular formula is C17H27N3. The highest BCUT2D eigenvalue weighted by Crippen LogP contribution is 2.40. The van der Waals surface area contributed by atoms with Gasteiger partial charge >= 0.3 is 0 Å². The number of nitrogens with zero attached hydrogens (tertiary/aromatic N) is 2. The summed E-state index contributed by atoms with van der Waals surface area (Å²) in [6.45, 7) is 5.52. The molecule has 1 fully saturated rings. The monoisotopic (exact) mass is 273 g/mol. The number of nitrogens with two attached hydrogens (primary N) is 1.